The standard InChI is InChI=1S/C25H39N5O/c1-6-18(3)17-20(28-7-2)13-15-23(30(5)27)25(26)22-14-16-24(19(4)29-22)31-21-11-9-8-10-12-21/h7,14,16-17,21H,3,6,8-13,15,26-27H2,1-2,4-5H3/b20-17-,25-23-,28-7-. The van der Waals surface area contributed by atoms with E-state index in [1.807, 2.05) is 32.1 Å². The highest BCUT2D eigenvalue weighted by Crippen LogP contribution is 2.27. The molecule has 0 bridgehead atoms. The number of aliphatic imine (C=N–C) groups is 1. The maximum atomic E-state index is 6.51. The minimum absolute atomic E-state index is 0.293. The summed E-state index contributed by atoms with van der Waals surface area (Å²) in [5.74, 6) is 6.96. The predicted octanol–water partition coefficient (Wildman–Crippen LogP) is 5.26. The molecule has 0 spiro atoms. The molecule has 0 atom stereocenters. The van der Waals surface area contributed by atoms with E-state index < -0.39 is 0 Å². The van der Waals surface area contributed by atoms with E-state index in [-0.39, 0.29) is 0 Å². The first kappa shape index (κ1) is 24.7. The molecule has 31 heavy (non-hydrogen) atoms. The van der Waals surface area contributed by atoms with Crippen molar-refractivity contribution in [3.63, 3.8) is 0 Å². The first-order valence-electron chi connectivity index (χ1n) is 11.3. The molecule has 0 aromatic carbocycles. The molecule has 1 heterocycles. The summed E-state index contributed by atoms with van der Waals surface area (Å²) in [4.78, 5) is 9.20. The summed E-state index contributed by atoms with van der Waals surface area (Å²) < 4.78 is 6.20. The summed E-state index contributed by atoms with van der Waals surface area (Å²) in [6.45, 7) is 10.0. The van der Waals surface area contributed by atoms with Crippen LogP contribution >= 0.6 is 0 Å². The lowest BCUT2D eigenvalue weighted by Crippen LogP contribution is -2.28. The van der Waals surface area contributed by atoms with Gasteiger partial charge in [-0.2, -0.15) is 0 Å². The molecule has 1 aromatic rings. The average molecular weight is 426 g/mol. The third kappa shape index (κ3) is 7.55. The van der Waals surface area contributed by atoms with Crippen molar-refractivity contribution in [1.29, 1.82) is 0 Å². The van der Waals surface area contributed by atoms with Gasteiger partial charge in [0, 0.05) is 19.0 Å². The summed E-state index contributed by atoms with van der Waals surface area (Å²) in [6, 6.07) is 3.90. The monoisotopic (exact) mass is 425 g/mol. The van der Waals surface area contributed by atoms with Crippen LogP contribution in [0.25, 0.3) is 5.70 Å². The molecule has 2 rings (SSSR count). The summed E-state index contributed by atoms with van der Waals surface area (Å²) in [5, 5.41) is 1.57. The minimum atomic E-state index is 0.293. The van der Waals surface area contributed by atoms with E-state index in [1.54, 1.807) is 18.3 Å². The van der Waals surface area contributed by atoms with Crippen LogP contribution in [0.5, 0.6) is 5.75 Å². The van der Waals surface area contributed by atoms with E-state index >= 15 is 0 Å². The van der Waals surface area contributed by atoms with Gasteiger partial charge >= 0.3 is 0 Å². The molecule has 6 heteroatoms. The highest BCUT2D eigenvalue weighted by molar-refractivity contribution is 5.63. The average Bonchev–Trinajstić information content (AvgIpc) is 2.75. The fourth-order valence-corrected chi connectivity index (χ4v) is 3.76. The number of aryl methyl sites for hydroxylation is 1. The summed E-state index contributed by atoms with van der Waals surface area (Å²) in [7, 11) is 1.80. The zero-order valence-corrected chi connectivity index (χ0v) is 19.7. The first-order chi connectivity index (χ1) is 14.8. The molecule has 6 nitrogen and oxygen atoms in total. The van der Waals surface area contributed by atoms with Crippen molar-refractivity contribution in [2.75, 3.05) is 7.05 Å². The Balaban J connectivity index is 2.20. The van der Waals surface area contributed by atoms with Crippen molar-refractivity contribution in [1.82, 2.24) is 9.99 Å². The fourth-order valence-electron chi connectivity index (χ4n) is 3.76. The van der Waals surface area contributed by atoms with Crippen LogP contribution in [0.15, 0.2) is 46.7 Å². The van der Waals surface area contributed by atoms with E-state index in [2.05, 4.69) is 18.5 Å². The van der Waals surface area contributed by atoms with Crippen LogP contribution < -0.4 is 16.3 Å². The fraction of sp³-hybridized carbons (Fsp3) is 0.520. The van der Waals surface area contributed by atoms with Gasteiger partial charge in [-0.25, -0.2) is 10.8 Å². The van der Waals surface area contributed by atoms with E-state index in [9.17, 15) is 0 Å². The van der Waals surface area contributed by atoms with Gasteiger partial charge in [-0.1, -0.05) is 25.5 Å². The maximum absolute atomic E-state index is 6.51. The number of nitrogens with zero attached hydrogens (tertiary/aromatic N) is 3. The van der Waals surface area contributed by atoms with Crippen LogP contribution in [0.2, 0.25) is 0 Å². The second-order valence-electron chi connectivity index (χ2n) is 8.16. The van der Waals surface area contributed by atoms with Gasteiger partial charge in [0.05, 0.1) is 28.9 Å². The molecule has 4 N–H and O–H groups in total. The first-order valence-corrected chi connectivity index (χ1v) is 11.3. The third-order valence-corrected chi connectivity index (χ3v) is 5.63. The van der Waals surface area contributed by atoms with Gasteiger partial charge in [-0.15, -0.1) is 0 Å². The van der Waals surface area contributed by atoms with Gasteiger partial charge in [-0.3, -0.25) is 4.99 Å². The van der Waals surface area contributed by atoms with Crippen molar-refractivity contribution < 1.29 is 4.74 Å². The van der Waals surface area contributed by atoms with Crippen LogP contribution in [0, 0.1) is 6.92 Å². The number of rotatable bonds is 10. The molecule has 1 aliphatic rings. The maximum Gasteiger partial charge on any atom is 0.140 e. The lowest BCUT2D eigenvalue weighted by Gasteiger charge is -2.24. The molecule has 1 fully saturated rings. The van der Waals surface area contributed by atoms with Gasteiger partial charge in [-0.05, 0) is 77.0 Å². The number of nitrogens with two attached hydrogens (primary N) is 2. The largest absolute Gasteiger partial charge is 0.489 e. The van der Waals surface area contributed by atoms with Crippen molar-refractivity contribution in [2.45, 2.75) is 78.2 Å². The van der Waals surface area contributed by atoms with Crippen molar-refractivity contribution in [3.05, 3.63) is 53.1 Å². The zero-order chi connectivity index (χ0) is 22.8. The lowest BCUT2D eigenvalue weighted by atomic mass is 9.98. The van der Waals surface area contributed by atoms with E-state index in [4.69, 9.17) is 21.3 Å². The third-order valence-electron chi connectivity index (χ3n) is 5.63. The summed E-state index contributed by atoms with van der Waals surface area (Å²) in [5.41, 5.74) is 11.5. The Bertz CT molecular complexity index is 832. The number of hydrogen-bond acceptors (Lipinski definition) is 6. The molecule has 1 saturated carbocycles. The molecule has 0 unspecified atom stereocenters. The van der Waals surface area contributed by atoms with E-state index in [1.165, 1.54) is 19.3 Å². The van der Waals surface area contributed by atoms with E-state index in [0.29, 0.717) is 30.3 Å². The van der Waals surface area contributed by atoms with Crippen molar-refractivity contribution in [3.8, 4) is 5.75 Å². The second kappa shape index (κ2) is 12.3. The van der Waals surface area contributed by atoms with Gasteiger partial charge in [0.25, 0.3) is 0 Å². The topological polar surface area (TPSA) is 89.8 Å². The molecule has 0 radical (unpaired) electrons. The highest BCUT2D eigenvalue weighted by Gasteiger charge is 2.17. The molecule has 1 aromatic heterocycles. The Morgan fingerprint density at radius 2 is 2.00 bits per heavy atom. The lowest BCUT2D eigenvalue weighted by molar-refractivity contribution is 0.153. The quantitative estimate of drug-likeness (QED) is 0.231. The predicted molar refractivity (Wildman–Crippen MR) is 130 cm³/mol. The summed E-state index contributed by atoms with van der Waals surface area (Å²) in [6.07, 6.45) is 12.4. The van der Waals surface area contributed by atoms with Gasteiger partial charge in [0.15, 0.2) is 0 Å². The number of ether oxygens (including phenoxy) is 1. The number of allylic oxidation sites excluding steroid dienone is 4. The highest BCUT2D eigenvalue weighted by atomic mass is 16.5. The van der Waals surface area contributed by atoms with Crippen LogP contribution in [-0.2, 0) is 0 Å². The summed E-state index contributed by atoms with van der Waals surface area (Å²) >= 11 is 0. The SMILES string of the molecule is C=C(/C=C(CC/C(=C(/N)c1ccc(OC2CCCCC2)c(C)n1)N(C)N)\N=C/C)CC. The molecule has 0 saturated heterocycles. The second-order valence-corrected chi connectivity index (χ2v) is 8.16. The minimum Gasteiger partial charge on any atom is -0.489 e. The Morgan fingerprint density at radius 3 is 2.58 bits per heavy atom. The van der Waals surface area contributed by atoms with Crippen LogP contribution in [-0.4, -0.2) is 29.4 Å². The zero-order valence-electron chi connectivity index (χ0n) is 19.7. The number of hydrogen-bond donors (Lipinski definition) is 2. The Morgan fingerprint density at radius 1 is 1.29 bits per heavy atom. The Labute approximate surface area is 187 Å². The molecule has 1 aliphatic carbocycles. The normalized spacial score (nSPS) is 16.4. The Hall–Kier alpha value is -2.60. The van der Waals surface area contributed by atoms with Gasteiger partial charge in [0.2, 0.25) is 0 Å². The van der Waals surface area contributed by atoms with Crippen LogP contribution in [0.1, 0.15) is 76.6 Å². The van der Waals surface area contributed by atoms with Crippen molar-refractivity contribution in [2.24, 2.45) is 16.6 Å². The smallest absolute Gasteiger partial charge is 0.140 e. The number of hydrazine groups is 1. The van der Waals surface area contributed by atoms with Gasteiger partial charge < -0.3 is 15.5 Å². The van der Waals surface area contributed by atoms with Crippen LogP contribution in [0.3, 0.4) is 0 Å². The van der Waals surface area contributed by atoms with Crippen molar-refractivity contribution >= 4 is 11.9 Å². The molecule has 170 valence electrons. The molecular formula is C25H39N5O. The van der Waals surface area contributed by atoms with E-state index in [0.717, 1.165) is 47.7 Å². The van der Waals surface area contributed by atoms with Crippen LogP contribution in [0.4, 0.5) is 0 Å². The molecular weight excluding hydrogens is 386 g/mol. The molecule has 0 amide bonds. The Kier molecular flexibility index (Phi) is 9.79. The van der Waals surface area contributed by atoms with Gasteiger partial charge in [0.1, 0.15) is 5.75 Å². The number of aromatic nitrogens is 1. The number of pyridine rings is 1. The molecule has 0 aliphatic heterocycles.